The lowest BCUT2D eigenvalue weighted by Crippen LogP contribution is -2.35. The molecule has 0 saturated carbocycles. The fraction of sp³-hybridized carbons (Fsp3) is 0.455. The van der Waals surface area contributed by atoms with E-state index in [0.29, 0.717) is 18.1 Å². The van der Waals surface area contributed by atoms with E-state index in [2.05, 4.69) is 0 Å². The second-order valence-electron chi connectivity index (χ2n) is 4.15. The summed E-state index contributed by atoms with van der Waals surface area (Å²) >= 11 is 5.82. The summed E-state index contributed by atoms with van der Waals surface area (Å²) in [6, 6.07) is 4.53. The first-order valence-electron chi connectivity index (χ1n) is 5.57. The van der Waals surface area contributed by atoms with E-state index in [9.17, 15) is 8.42 Å². The van der Waals surface area contributed by atoms with Crippen molar-refractivity contribution in [3.05, 3.63) is 23.2 Å². The Morgan fingerprint density at radius 2 is 1.82 bits per heavy atom. The second-order valence-corrected chi connectivity index (χ2v) is 6.49. The lowest BCUT2D eigenvalue weighted by Gasteiger charge is -2.26. The molecule has 0 aromatic heterocycles. The summed E-state index contributed by atoms with van der Waals surface area (Å²) in [4.78, 5) is 0.118. The van der Waals surface area contributed by atoms with Crippen LogP contribution in [0.15, 0.2) is 23.1 Å². The summed E-state index contributed by atoms with van der Waals surface area (Å²) < 4.78 is 26.2. The predicted molar refractivity (Wildman–Crippen MR) is 68.5 cm³/mol. The molecule has 1 aromatic rings. The largest absolute Gasteiger partial charge is 0.398 e. The van der Waals surface area contributed by atoms with Crippen LogP contribution in [-0.2, 0) is 10.0 Å². The van der Waals surface area contributed by atoms with Crippen molar-refractivity contribution < 1.29 is 8.42 Å². The Hall–Kier alpha value is -0.780. The highest BCUT2D eigenvalue weighted by Gasteiger charge is 2.27. The molecule has 0 aliphatic carbocycles. The van der Waals surface area contributed by atoms with Crippen LogP contribution in [0.5, 0.6) is 0 Å². The van der Waals surface area contributed by atoms with Gasteiger partial charge in [-0.3, -0.25) is 0 Å². The molecule has 0 amide bonds. The molecule has 17 heavy (non-hydrogen) atoms. The third-order valence-corrected chi connectivity index (χ3v) is 5.10. The van der Waals surface area contributed by atoms with Gasteiger partial charge in [0.2, 0.25) is 10.0 Å². The molecule has 0 unspecified atom stereocenters. The second kappa shape index (κ2) is 4.84. The molecule has 0 bridgehead atoms. The lowest BCUT2D eigenvalue weighted by molar-refractivity contribution is 0.347. The van der Waals surface area contributed by atoms with Crippen molar-refractivity contribution in [3.8, 4) is 0 Å². The number of nitrogen functional groups attached to an aromatic ring is 1. The topological polar surface area (TPSA) is 63.4 Å². The molecular formula is C11H15ClN2O2S. The van der Waals surface area contributed by atoms with E-state index in [1.54, 1.807) is 6.07 Å². The van der Waals surface area contributed by atoms with Gasteiger partial charge in [-0.1, -0.05) is 18.0 Å². The van der Waals surface area contributed by atoms with Gasteiger partial charge in [-0.25, -0.2) is 8.42 Å². The van der Waals surface area contributed by atoms with Gasteiger partial charge in [0.05, 0.1) is 5.69 Å². The highest BCUT2D eigenvalue weighted by atomic mass is 35.5. The van der Waals surface area contributed by atoms with Crippen LogP contribution in [-0.4, -0.2) is 25.8 Å². The number of hydrogen-bond acceptors (Lipinski definition) is 3. The first-order chi connectivity index (χ1) is 8.01. The van der Waals surface area contributed by atoms with E-state index >= 15 is 0 Å². The molecule has 2 N–H and O–H groups in total. The Morgan fingerprint density at radius 1 is 1.18 bits per heavy atom. The molecule has 1 aromatic carbocycles. The normalized spacial score (nSPS) is 18.2. The summed E-state index contributed by atoms with van der Waals surface area (Å²) in [5, 5.41) is 0.384. The van der Waals surface area contributed by atoms with Gasteiger partial charge >= 0.3 is 0 Å². The van der Waals surface area contributed by atoms with Crippen LogP contribution in [0.2, 0.25) is 5.02 Å². The van der Waals surface area contributed by atoms with Gasteiger partial charge in [0.25, 0.3) is 0 Å². The molecule has 1 heterocycles. The van der Waals surface area contributed by atoms with E-state index in [1.165, 1.54) is 16.4 Å². The van der Waals surface area contributed by atoms with Crippen molar-refractivity contribution in [2.24, 2.45) is 0 Å². The van der Waals surface area contributed by atoms with Crippen LogP contribution < -0.4 is 5.73 Å². The highest BCUT2D eigenvalue weighted by molar-refractivity contribution is 7.89. The Labute approximate surface area is 106 Å². The van der Waals surface area contributed by atoms with Gasteiger partial charge in [0, 0.05) is 18.1 Å². The number of rotatable bonds is 2. The summed E-state index contributed by atoms with van der Waals surface area (Å²) in [5.74, 6) is 0. The average molecular weight is 275 g/mol. The Balaban J connectivity index is 2.40. The van der Waals surface area contributed by atoms with Crippen molar-refractivity contribution in [1.82, 2.24) is 4.31 Å². The molecule has 2 rings (SSSR count). The van der Waals surface area contributed by atoms with Gasteiger partial charge in [-0.05, 0) is 31.0 Å². The molecule has 94 valence electrons. The van der Waals surface area contributed by atoms with Crippen LogP contribution in [0.3, 0.4) is 0 Å². The maximum atomic E-state index is 12.3. The maximum absolute atomic E-state index is 12.3. The highest BCUT2D eigenvalue weighted by Crippen LogP contribution is 2.27. The van der Waals surface area contributed by atoms with E-state index < -0.39 is 10.0 Å². The number of nitrogens with two attached hydrogens (primary N) is 1. The minimum absolute atomic E-state index is 0.118. The zero-order chi connectivity index (χ0) is 12.5. The van der Waals surface area contributed by atoms with Crippen LogP contribution in [0, 0.1) is 0 Å². The van der Waals surface area contributed by atoms with E-state index in [4.69, 9.17) is 17.3 Å². The van der Waals surface area contributed by atoms with E-state index in [1.807, 2.05) is 0 Å². The zero-order valence-corrected chi connectivity index (χ0v) is 11.0. The minimum atomic E-state index is -3.49. The maximum Gasteiger partial charge on any atom is 0.245 e. The minimum Gasteiger partial charge on any atom is -0.398 e. The summed E-state index contributed by atoms with van der Waals surface area (Å²) in [6.07, 6.45) is 2.89. The average Bonchev–Trinajstić information content (AvgIpc) is 2.33. The van der Waals surface area contributed by atoms with Gasteiger partial charge in [-0.2, -0.15) is 4.31 Å². The summed E-state index contributed by atoms with van der Waals surface area (Å²) in [5.41, 5.74) is 5.97. The fourth-order valence-electron chi connectivity index (χ4n) is 1.98. The van der Waals surface area contributed by atoms with Crippen LogP contribution in [0.1, 0.15) is 19.3 Å². The molecule has 1 aliphatic heterocycles. The summed E-state index contributed by atoms with van der Waals surface area (Å²) in [7, 11) is -3.49. The first-order valence-corrected chi connectivity index (χ1v) is 7.39. The first kappa shape index (κ1) is 12.7. The molecule has 4 nitrogen and oxygen atoms in total. The van der Waals surface area contributed by atoms with Crippen molar-refractivity contribution in [1.29, 1.82) is 0 Å². The third-order valence-electron chi connectivity index (χ3n) is 2.91. The number of anilines is 1. The molecule has 1 aliphatic rings. The van der Waals surface area contributed by atoms with E-state index in [0.717, 1.165) is 19.3 Å². The SMILES string of the molecule is Nc1ccc(Cl)cc1S(=O)(=O)N1CCCCC1. The number of benzene rings is 1. The molecular weight excluding hydrogens is 260 g/mol. The third kappa shape index (κ3) is 2.56. The number of hydrogen-bond donors (Lipinski definition) is 1. The Kier molecular flexibility index (Phi) is 3.61. The predicted octanol–water partition coefficient (Wildman–Crippen LogP) is 2.10. The lowest BCUT2D eigenvalue weighted by atomic mass is 10.2. The van der Waals surface area contributed by atoms with Crippen LogP contribution in [0.25, 0.3) is 0 Å². The number of piperidine rings is 1. The fourth-order valence-corrected chi connectivity index (χ4v) is 3.87. The Morgan fingerprint density at radius 3 is 2.47 bits per heavy atom. The van der Waals surface area contributed by atoms with Crippen LogP contribution in [0.4, 0.5) is 5.69 Å². The van der Waals surface area contributed by atoms with Crippen molar-refractivity contribution in [2.45, 2.75) is 24.2 Å². The molecule has 1 fully saturated rings. The van der Waals surface area contributed by atoms with Gasteiger partial charge in [0.15, 0.2) is 0 Å². The molecule has 6 heteroatoms. The Bertz CT molecular complexity index is 510. The van der Waals surface area contributed by atoms with E-state index in [-0.39, 0.29) is 10.6 Å². The zero-order valence-electron chi connectivity index (χ0n) is 9.39. The standard InChI is InChI=1S/C11H15ClN2O2S/c12-9-4-5-10(13)11(8-9)17(15,16)14-6-2-1-3-7-14/h4-5,8H,1-3,6-7,13H2. The van der Waals surface area contributed by atoms with Crippen molar-refractivity contribution in [3.63, 3.8) is 0 Å². The number of nitrogens with zero attached hydrogens (tertiary/aromatic N) is 1. The van der Waals surface area contributed by atoms with Crippen molar-refractivity contribution in [2.75, 3.05) is 18.8 Å². The molecule has 0 atom stereocenters. The monoisotopic (exact) mass is 274 g/mol. The molecule has 0 radical (unpaired) electrons. The van der Waals surface area contributed by atoms with Crippen LogP contribution >= 0.6 is 11.6 Å². The quantitative estimate of drug-likeness (QED) is 0.840. The number of sulfonamides is 1. The molecule has 1 saturated heterocycles. The molecule has 0 spiro atoms. The number of halogens is 1. The van der Waals surface area contributed by atoms with Gasteiger partial charge in [0.1, 0.15) is 4.90 Å². The summed E-state index contributed by atoms with van der Waals surface area (Å²) in [6.45, 7) is 1.13. The van der Waals surface area contributed by atoms with Gasteiger partial charge in [-0.15, -0.1) is 0 Å². The van der Waals surface area contributed by atoms with Crippen molar-refractivity contribution >= 4 is 27.3 Å². The smallest absolute Gasteiger partial charge is 0.245 e. The van der Waals surface area contributed by atoms with Gasteiger partial charge < -0.3 is 5.73 Å².